The summed E-state index contributed by atoms with van der Waals surface area (Å²) in [6.07, 6.45) is 35.6. The molecule has 1 atom stereocenters. The third-order valence-corrected chi connectivity index (χ3v) is 21.4. The topological polar surface area (TPSA) is 39.1 Å². The van der Waals surface area contributed by atoms with E-state index in [1.165, 1.54) is 180 Å². The van der Waals surface area contributed by atoms with Gasteiger partial charge in [0.15, 0.2) is 0 Å². The Morgan fingerprint density at radius 2 is 0.800 bits per heavy atom. The van der Waals surface area contributed by atoms with Gasteiger partial charge in [-0.25, -0.2) is 0 Å². The predicted octanol–water partition coefficient (Wildman–Crippen LogP) is 21.4. The molecule has 65 heavy (non-hydrogen) atoms. The predicted molar refractivity (Wildman–Crippen MR) is 307 cm³/mol. The number of nitrogens with zero attached hydrogens (tertiary/aromatic N) is 1. The molecule has 5 aromatic rings. The first kappa shape index (κ1) is 55.5. The maximum Gasteiger partial charge on any atom is 0.262 e. The van der Waals surface area contributed by atoms with Crippen molar-refractivity contribution in [1.29, 1.82) is 0 Å². The van der Waals surface area contributed by atoms with Gasteiger partial charge in [-0.3, -0.25) is 14.2 Å². The fourth-order valence-corrected chi connectivity index (χ4v) is 17.8. The molecule has 0 aliphatic rings. The van der Waals surface area contributed by atoms with Gasteiger partial charge in [-0.1, -0.05) is 182 Å². The number of fused-ring (bicyclic) bond motifs is 3. The maximum absolute atomic E-state index is 15.0. The molecule has 5 aromatic heterocycles. The molecule has 362 valence electrons. The molecule has 0 fully saturated rings. The highest BCUT2D eigenvalue weighted by molar-refractivity contribution is 9.11. The van der Waals surface area contributed by atoms with Crippen LogP contribution in [0.3, 0.4) is 0 Å². The molecule has 5 rings (SSSR count). The number of rotatable bonds is 36. The molecule has 11 heteroatoms. The number of thioether (sulfide) groups is 2. The van der Waals surface area contributed by atoms with Crippen molar-refractivity contribution in [3.8, 4) is 19.5 Å². The molecule has 0 aromatic carbocycles. The summed E-state index contributed by atoms with van der Waals surface area (Å²) in [5.41, 5.74) is -0.216. The number of unbranched alkanes of at least 4 members (excludes halogenated alkanes) is 22. The summed E-state index contributed by atoms with van der Waals surface area (Å²) >= 11 is 18.6. The molecule has 0 bridgehead atoms. The van der Waals surface area contributed by atoms with Gasteiger partial charge in [0.2, 0.25) is 0 Å². The van der Waals surface area contributed by atoms with E-state index in [1.807, 2.05) is 23.5 Å². The molecule has 0 N–H and O–H groups in total. The highest BCUT2D eigenvalue weighted by atomic mass is 79.9. The first-order valence-electron chi connectivity index (χ1n) is 25.8. The van der Waals surface area contributed by atoms with E-state index in [9.17, 15) is 0 Å². The van der Waals surface area contributed by atoms with E-state index in [1.54, 1.807) is 49.9 Å². The van der Waals surface area contributed by atoms with Crippen LogP contribution >= 0.6 is 101 Å². The number of thiophene rings is 4. The highest BCUT2D eigenvalue weighted by Gasteiger charge is 2.23. The van der Waals surface area contributed by atoms with E-state index in [0.717, 1.165) is 57.5 Å². The van der Waals surface area contributed by atoms with Gasteiger partial charge < -0.3 is 0 Å². The first-order chi connectivity index (χ1) is 31.8. The zero-order chi connectivity index (χ0) is 46.2. The van der Waals surface area contributed by atoms with Crippen LogP contribution in [0.15, 0.2) is 51.2 Å². The molecule has 3 nitrogen and oxygen atoms in total. The van der Waals surface area contributed by atoms with Crippen LogP contribution in [-0.4, -0.2) is 16.1 Å². The van der Waals surface area contributed by atoms with Gasteiger partial charge >= 0.3 is 0 Å². The number of halogens is 2. The lowest BCUT2D eigenvalue weighted by atomic mass is 9.94. The third kappa shape index (κ3) is 18.1. The summed E-state index contributed by atoms with van der Waals surface area (Å²) in [4.78, 5) is 37.4. The van der Waals surface area contributed by atoms with Crippen LogP contribution in [0.5, 0.6) is 0 Å². The van der Waals surface area contributed by atoms with Gasteiger partial charge in [0, 0.05) is 26.1 Å². The average Bonchev–Trinajstić information content (AvgIpc) is 4.10. The molecular formula is C54H79Br2NO2S6. The molecule has 0 radical (unpaired) electrons. The molecule has 0 saturated heterocycles. The van der Waals surface area contributed by atoms with Crippen LogP contribution in [0.1, 0.15) is 207 Å². The second-order valence-electron chi connectivity index (χ2n) is 18.3. The van der Waals surface area contributed by atoms with E-state index in [-0.39, 0.29) is 11.1 Å². The summed E-state index contributed by atoms with van der Waals surface area (Å²) in [6, 6.07) is 8.85. The van der Waals surface area contributed by atoms with E-state index in [0.29, 0.717) is 23.2 Å². The van der Waals surface area contributed by atoms with Gasteiger partial charge in [-0.15, -0.1) is 68.9 Å². The minimum absolute atomic E-state index is 0.108. The molecule has 5 heterocycles. The lowest BCUT2D eigenvalue weighted by molar-refractivity contribution is 0.351. The van der Waals surface area contributed by atoms with Crippen LogP contribution in [0.2, 0.25) is 0 Å². The van der Waals surface area contributed by atoms with Crippen LogP contribution in [-0.2, 0) is 6.54 Å². The van der Waals surface area contributed by atoms with Crippen molar-refractivity contribution in [2.24, 2.45) is 5.92 Å². The van der Waals surface area contributed by atoms with Crippen molar-refractivity contribution in [2.75, 3.05) is 11.5 Å². The second-order valence-corrected chi connectivity index (χ2v) is 27.6. The normalized spacial score (nSPS) is 12.4. The van der Waals surface area contributed by atoms with Crippen molar-refractivity contribution in [3.63, 3.8) is 0 Å². The fourth-order valence-electron chi connectivity index (χ4n) is 8.95. The molecule has 0 aliphatic carbocycles. The van der Waals surface area contributed by atoms with Gasteiger partial charge in [-0.2, -0.15) is 0 Å². The Morgan fingerprint density at radius 1 is 0.462 bits per heavy atom. The first-order valence-corrected chi connectivity index (χ1v) is 32.6. The van der Waals surface area contributed by atoms with Crippen molar-refractivity contribution < 1.29 is 0 Å². The lowest BCUT2D eigenvalue weighted by Gasteiger charge is -2.17. The molecule has 0 spiro atoms. The zero-order valence-corrected chi connectivity index (χ0v) is 48.3. The van der Waals surface area contributed by atoms with E-state index < -0.39 is 0 Å². The van der Waals surface area contributed by atoms with E-state index in [4.69, 9.17) is 0 Å². The summed E-state index contributed by atoms with van der Waals surface area (Å²) in [5.74, 6) is 2.51. The van der Waals surface area contributed by atoms with E-state index in [2.05, 4.69) is 83.8 Å². The Labute approximate surface area is 434 Å². The summed E-state index contributed by atoms with van der Waals surface area (Å²) in [6.45, 7) is 9.61. The Kier molecular flexibility index (Phi) is 27.1. The lowest BCUT2D eigenvalue weighted by Crippen LogP contribution is -2.33. The molecule has 0 amide bonds. The monoisotopic (exact) mass is 1120 g/mol. The van der Waals surface area contributed by atoms with Crippen LogP contribution in [0.4, 0.5) is 0 Å². The summed E-state index contributed by atoms with van der Waals surface area (Å²) < 4.78 is 5.86. The maximum atomic E-state index is 15.0. The Hall–Kier alpha value is -0.400. The molecule has 0 saturated carbocycles. The quantitative estimate of drug-likeness (QED) is 0.0296. The van der Waals surface area contributed by atoms with E-state index >= 15 is 9.59 Å². The standard InChI is InChI=1S/C54H79Br2NO2S6/c1-5-9-13-17-20-22-25-29-33-60-43-37-47(55)64-51(43)45-35-41-49(62-45)50-42(36-46(63-50)52-44(38-48(56)65-52)61-34-30-26-23-21-18-14-10-6-2)54(59)57(53(41)58)39-40(31-27-16-12-8-4)32-28-24-19-15-11-7-3/h35-38,40H,5-34,39H2,1-4H3. The smallest absolute Gasteiger partial charge is 0.262 e. The van der Waals surface area contributed by atoms with Crippen molar-refractivity contribution in [1.82, 2.24) is 4.57 Å². The third-order valence-electron chi connectivity index (χ3n) is 12.8. The van der Waals surface area contributed by atoms with Crippen LogP contribution in [0.25, 0.3) is 39.7 Å². The van der Waals surface area contributed by atoms with Crippen molar-refractivity contribution in [2.45, 2.75) is 224 Å². The molecular weight excluding hydrogens is 1050 g/mol. The van der Waals surface area contributed by atoms with Crippen LogP contribution in [0, 0.1) is 5.92 Å². The molecule has 1 unspecified atom stereocenters. The fraction of sp³-hybridized carbons (Fsp3) is 0.667. The SMILES string of the molecule is CCCCCCCCCCSc1cc(Br)sc1-c1cc2c(=O)n(CC(CCCCCC)CCCCCCCC)c(=O)c3cc(-c4sc(Br)cc4SCCCCCCCCCC)sc3c2s1. The largest absolute Gasteiger partial charge is 0.274 e. The van der Waals surface area contributed by atoms with Gasteiger partial charge in [0.05, 0.1) is 37.5 Å². The number of hydrogen-bond donors (Lipinski definition) is 0. The van der Waals surface area contributed by atoms with Crippen LogP contribution < -0.4 is 11.1 Å². The highest BCUT2D eigenvalue weighted by Crippen LogP contribution is 2.49. The second kappa shape index (κ2) is 31.7. The zero-order valence-electron chi connectivity index (χ0n) is 40.3. The summed E-state index contributed by atoms with van der Waals surface area (Å²) in [5, 5.41) is 1.41. The van der Waals surface area contributed by atoms with Gasteiger partial charge in [0.25, 0.3) is 11.1 Å². The minimum atomic E-state index is -0.108. The Balaban J connectivity index is 1.49. The minimum Gasteiger partial charge on any atom is -0.274 e. The molecule has 0 aliphatic heterocycles. The average molecular weight is 1130 g/mol. The number of hydrogen-bond acceptors (Lipinski definition) is 8. The Morgan fingerprint density at radius 3 is 1.18 bits per heavy atom. The van der Waals surface area contributed by atoms with Gasteiger partial charge in [-0.05, 0) is 99.2 Å². The Bertz CT molecular complexity index is 2100. The van der Waals surface area contributed by atoms with Crippen molar-refractivity contribution in [3.05, 3.63) is 52.5 Å². The summed E-state index contributed by atoms with van der Waals surface area (Å²) in [7, 11) is 0. The van der Waals surface area contributed by atoms with Crippen molar-refractivity contribution >= 4 is 121 Å². The van der Waals surface area contributed by atoms with Gasteiger partial charge in [0.1, 0.15) is 0 Å². The number of aromatic nitrogens is 1.